The molecular weight excluding hydrogens is 179 g/mol. The van der Waals surface area contributed by atoms with Crippen LogP contribution in [0.5, 0.6) is 5.75 Å². The van der Waals surface area contributed by atoms with Crippen LogP contribution in [0, 0.1) is 5.41 Å². The largest absolute Gasteiger partial charge is 0.508 e. The number of hydrogen-bond donors (Lipinski definition) is 1. The highest BCUT2D eigenvalue weighted by atomic mass is 19.1. The summed E-state index contributed by atoms with van der Waals surface area (Å²) < 4.78 is 12.9. The third-order valence-corrected chi connectivity index (χ3v) is 2.47. The van der Waals surface area contributed by atoms with Gasteiger partial charge in [0.25, 0.3) is 0 Å². The number of alkyl halides is 1. The molecule has 0 saturated carbocycles. The summed E-state index contributed by atoms with van der Waals surface area (Å²) in [7, 11) is 0. The molecule has 0 amide bonds. The highest BCUT2D eigenvalue weighted by Crippen LogP contribution is 2.36. The Hall–Kier alpha value is -1.05. The van der Waals surface area contributed by atoms with Crippen molar-refractivity contribution in [3.05, 3.63) is 29.8 Å². The average molecular weight is 196 g/mol. The van der Waals surface area contributed by atoms with Gasteiger partial charge in [-0.05, 0) is 23.1 Å². The number of rotatable bonds is 2. The fourth-order valence-electron chi connectivity index (χ4n) is 1.56. The second-order valence-electron chi connectivity index (χ2n) is 4.67. The van der Waals surface area contributed by atoms with E-state index >= 15 is 0 Å². The summed E-state index contributed by atoms with van der Waals surface area (Å²) in [6.07, 6.45) is 0. The second-order valence-corrected chi connectivity index (χ2v) is 4.67. The van der Waals surface area contributed by atoms with Crippen molar-refractivity contribution in [1.29, 1.82) is 0 Å². The monoisotopic (exact) mass is 196 g/mol. The summed E-state index contributed by atoms with van der Waals surface area (Å²) in [5, 5.41) is 9.30. The molecule has 0 fully saturated rings. The van der Waals surface area contributed by atoms with Crippen LogP contribution in [-0.2, 0) is 0 Å². The van der Waals surface area contributed by atoms with E-state index in [0.717, 1.165) is 5.56 Å². The molecule has 0 aliphatic heterocycles. The van der Waals surface area contributed by atoms with Gasteiger partial charge in [0.15, 0.2) is 0 Å². The molecule has 14 heavy (non-hydrogen) atoms. The quantitative estimate of drug-likeness (QED) is 0.767. The standard InChI is InChI=1S/C12H17FO/c1-12(2,3)11(8-13)9-5-4-6-10(14)7-9/h4-7,11,14H,8H2,1-3H3. The lowest BCUT2D eigenvalue weighted by atomic mass is 9.77. The van der Waals surface area contributed by atoms with E-state index in [9.17, 15) is 9.50 Å². The predicted octanol–water partition coefficient (Wildman–Crippen LogP) is 3.49. The summed E-state index contributed by atoms with van der Waals surface area (Å²) >= 11 is 0. The first-order valence-corrected chi connectivity index (χ1v) is 4.80. The van der Waals surface area contributed by atoms with Crippen LogP contribution < -0.4 is 0 Å². The number of phenols is 1. The van der Waals surface area contributed by atoms with Gasteiger partial charge in [0.2, 0.25) is 0 Å². The summed E-state index contributed by atoms with van der Waals surface area (Å²) in [6, 6.07) is 6.84. The number of phenolic OH excluding ortho intramolecular Hbond substituents is 1. The van der Waals surface area contributed by atoms with Gasteiger partial charge in [0, 0.05) is 5.92 Å². The zero-order valence-corrected chi connectivity index (χ0v) is 8.92. The molecule has 1 rings (SSSR count). The smallest absolute Gasteiger partial charge is 0.115 e. The van der Waals surface area contributed by atoms with Crippen molar-refractivity contribution in [1.82, 2.24) is 0 Å². The first-order valence-electron chi connectivity index (χ1n) is 4.80. The lowest BCUT2D eigenvalue weighted by Gasteiger charge is -2.28. The Kier molecular flexibility index (Phi) is 3.14. The Morgan fingerprint density at radius 3 is 2.43 bits per heavy atom. The topological polar surface area (TPSA) is 20.2 Å². The number of aromatic hydroxyl groups is 1. The summed E-state index contributed by atoms with van der Waals surface area (Å²) in [4.78, 5) is 0. The minimum Gasteiger partial charge on any atom is -0.508 e. The third kappa shape index (κ3) is 2.47. The first kappa shape index (κ1) is 11.0. The normalized spacial score (nSPS) is 14.0. The van der Waals surface area contributed by atoms with Crippen LogP contribution in [0.2, 0.25) is 0 Å². The van der Waals surface area contributed by atoms with Crippen molar-refractivity contribution >= 4 is 0 Å². The van der Waals surface area contributed by atoms with Gasteiger partial charge in [-0.2, -0.15) is 0 Å². The van der Waals surface area contributed by atoms with Crippen LogP contribution >= 0.6 is 0 Å². The molecule has 0 saturated heterocycles. The van der Waals surface area contributed by atoms with Crippen molar-refractivity contribution in [2.75, 3.05) is 6.67 Å². The van der Waals surface area contributed by atoms with Crippen molar-refractivity contribution < 1.29 is 9.50 Å². The number of hydrogen-bond acceptors (Lipinski definition) is 1. The fourth-order valence-corrected chi connectivity index (χ4v) is 1.56. The Bertz CT molecular complexity index is 301. The number of benzene rings is 1. The Morgan fingerprint density at radius 2 is 2.00 bits per heavy atom. The third-order valence-electron chi connectivity index (χ3n) is 2.47. The predicted molar refractivity (Wildman–Crippen MR) is 56.3 cm³/mol. The summed E-state index contributed by atoms with van der Waals surface area (Å²) in [5.41, 5.74) is 0.739. The molecule has 0 spiro atoms. The molecule has 1 N–H and O–H groups in total. The molecule has 0 aliphatic rings. The molecule has 0 radical (unpaired) electrons. The van der Waals surface area contributed by atoms with Gasteiger partial charge in [0.05, 0.1) is 6.67 Å². The van der Waals surface area contributed by atoms with Gasteiger partial charge < -0.3 is 5.11 Å². The maximum atomic E-state index is 12.9. The summed E-state index contributed by atoms with van der Waals surface area (Å²) in [6.45, 7) is 5.61. The van der Waals surface area contributed by atoms with Crippen LogP contribution in [0.1, 0.15) is 32.3 Å². The van der Waals surface area contributed by atoms with Crippen molar-refractivity contribution in [3.8, 4) is 5.75 Å². The van der Waals surface area contributed by atoms with Crippen molar-refractivity contribution in [3.63, 3.8) is 0 Å². The van der Waals surface area contributed by atoms with Gasteiger partial charge in [0.1, 0.15) is 5.75 Å². The first-order chi connectivity index (χ1) is 6.45. The van der Waals surface area contributed by atoms with Crippen LogP contribution in [-0.4, -0.2) is 11.8 Å². The minimum atomic E-state index is -0.396. The highest BCUT2D eigenvalue weighted by Gasteiger charge is 2.26. The van der Waals surface area contributed by atoms with E-state index in [0.29, 0.717) is 0 Å². The van der Waals surface area contributed by atoms with E-state index in [2.05, 4.69) is 0 Å². The van der Waals surface area contributed by atoms with Gasteiger partial charge in [-0.3, -0.25) is 4.39 Å². The molecular formula is C12H17FO. The van der Waals surface area contributed by atoms with Gasteiger partial charge in [-0.15, -0.1) is 0 Å². The Labute approximate surface area is 84.6 Å². The molecule has 0 bridgehead atoms. The van der Waals surface area contributed by atoms with Crippen LogP contribution in [0.25, 0.3) is 0 Å². The van der Waals surface area contributed by atoms with E-state index in [1.165, 1.54) is 0 Å². The lowest BCUT2D eigenvalue weighted by molar-refractivity contribution is 0.262. The van der Waals surface area contributed by atoms with Crippen LogP contribution in [0.15, 0.2) is 24.3 Å². The van der Waals surface area contributed by atoms with Crippen molar-refractivity contribution in [2.45, 2.75) is 26.7 Å². The molecule has 78 valence electrons. The maximum Gasteiger partial charge on any atom is 0.115 e. The van der Waals surface area contributed by atoms with E-state index in [4.69, 9.17) is 0 Å². The minimum absolute atomic E-state index is 0.122. The lowest BCUT2D eigenvalue weighted by Crippen LogP contribution is -2.20. The van der Waals surface area contributed by atoms with Gasteiger partial charge >= 0.3 is 0 Å². The second kappa shape index (κ2) is 3.99. The maximum absolute atomic E-state index is 12.9. The zero-order chi connectivity index (χ0) is 10.8. The molecule has 0 aromatic heterocycles. The molecule has 1 aromatic carbocycles. The molecule has 1 aromatic rings. The number of halogens is 1. The average Bonchev–Trinajstić information content (AvgIpc) is 2.02. The zero-order valence-electron chi connectivity index (χ0n) is 8.92. The van der Waals surface area contributed by atoms with Gasteiger partial charge in [-0.1, -0.05) is 32.9 Å². The molecule has 0 heterocycles. The Morgan fingerprint density at radius 1 is 1.36 bits per heavy atom. The molecule has 0 aliphatic carbocycles. The fraction of sp³-hybridized carbons (Fsp3) is 0.500. The van der Waals surface area contributed by atoms with Crippen LogP contribution in [0.3, 0.4) is 0 Å². The molecule has 1 nitrogen and oxygen atoms in total. The SMILES string of the molecule is CC(C)(C)C(CF)c1cccc(O)c1. The van der Waals surface area contributed by atoms with E-state index in [1.807, 2.05) is 26.8 Å². The van der Waals surface area contributed by atoms with Gasteiger partial charge in [-0.25, -0.2) is 0 Å². The molecule has 1 unspecified atom stereocenters. The van der Waals surface area contributed by atoms with Crippen LogP contribution in [0.4, 0.5) is 4.39 Å². The van der Waals surface area contributed by atoms with Crippen molar-refractivity contribution in [2.24, 2.45) is 5.41 Å². The Balaban J connectivity index is 3.01. The molecule has 1 atom stereocenters. The summed E-state index contributed by atoms with van der Waals surface area (Å²) in [5.74, 6) is 0.0415. The van der Waals surface area contributed by atoms with E-state index in [1.54, 1.807) is 18.2 Å². The highest BCUT2D eigenvalue weighted by molar-refractivity contribution is 5.30. The van der Waals surface area contributed by atoms with E-state index < -0.39 is 6.67 Å². The van der Waals surface area contributed by atoms with E-state index in [-0.39, 0.29) is 17.1 Å². The molecule has 2 heteroatoms.